The van der Waals surface area contributed by atoms with Gasteiger partial charge in [-0.1, -0.05) is 18.2 Å². The van der Waals surface area contributed by atoms with E-state index in [1.165, 1.54) is 0 Å². The van der Waals surface area contributed by atoms with Crippen molar-refractivity contribution in [1.29, 1.82) is 0 Å². The predicted molar refractivity (Wildman–Crippen MR) is 81.3 cm³/mol. The monoisotopic (exact) mass is 296 g/mol. The second-order valence-corrected chi connectivity index (χ2v) is 5.04. The van der Waals surface area contributed by atoms with Gasteiger partial charge in [-0.3, -0.25) is 4.79 Å². The zero-order chi connectivity index (χ0) is 15.5. The SMILES string of the molecule is Cc1coc(C)c1C(=O)NCc1coc(-c2ccccc2)n1. The molecule has 0 unspecified atom stereocenters. The molecule has 0 radical (unpaired) electrons. The van der Waals surface area contributed by atoms with Crippen molar-refractivity contribution in [2.24, 2.45) is 0 Å². The van der Waals surface area contributed by atoms with Crippen LogP contribution in [0.15, 0.2) is 51.7 Å². The molecule has 0 aliphatic rings. The highest BCUT2D eigenvalue weighted by Crippen LogP contribution is 2.18. The summed E-state index contributed by atoms with van der Waals surface area (Å²) in [5, 5.41) is 2.83. The maximum Gasteiger partial charge on any atom is 0.255 e. The molecular formula is C17H16N2O3. The highest BCUT2D eigenvalue weighted by molar-refractivity contribution is 5.96. The van der Waals surface area contributed by atoms with Crippen LogP contribution >= 0.6 is 0 Å². The quantitative estimate of drug-likeness (QED) is 0.800. The van der Waals surface area contributed by atoms with E-state index in [9.17, 15) is 4.79 Å². The molecule has 0 aliphatic heterocycles. The lowest BCUT2D eigenvalue weighted by Gasteiger charge is -2.02. The molecule has 2 heterocycles. The number of nitrogens with one attached hydrogen (secondary N) is 1. The van der Waals surface area contributed by atoms with E-state index in [0.29, 0.717) is 29.5 Å². The third-order valence-electron chi connectivity index (χ3n) is 3.39. The summed E-state index contributed by atoms with van der Waals surface area (Å²) in [6, 6.07) is 9.62. The summed E-state index contributed by atoms with van der Waals surface area (Å²) >= 11 is 0. The molecule has 3 aromatic rings. The minimum atomic E-state index is -0.173. The van der Waals surface area contributed by atoms with Crippen molar-refractivity contribution in [1.82, 2.24) is 10.3 Å². The average molecular weight is 296 g/mol. The molecule has 112 valence electrons. The number of oxazole rings is 1. The van der Waals surface area contributed by atoms with E-state index in [2.05, 4.69) is 10.3 Å². The molecule has 0 atom stereocenters. The Labute approximate surface area is 128 Å². The number of carbonyl (C=O) groups excluding carboxylic acids is 1. The zero-order valence-electron chi connectivity index (χ0n) is 12.4. The largest absolute Gasteiger partial charge is 0.469 e. The van der Waals surface area contributed by atoms with Gasteiger partial charge in [-0.2, -0.15) is 0 Å². The van der Waals surface area contributed by atoms with Crippen molar-refractivity contribution in [3.63, 3.8) is 0 Å². The molecule has 0 saturated heterocycles. The number of carbonyl (C=O) groups is 1. The van der Waals surface area contributed by atoms with E-state index in [-0.39, 0.29) is 5.91 Å². The van der Waals surface area contributed by atoms with Gasteiger partial charge in [0.25, 0.3) is 5.91 Å². The molecule has 0 spiro atoms. The Balaban J connectivity index is 1.68. The molecule has 0 fully saturated rings. The van der Waals surface area contributed by atoms with Crippen LogP contribution in [0.5, 0.6) is 0 Å². The highest BCUT2D eigenvalue weighted by atomic mass is 16.3. The molecule has 0 saturated carbocycles. The van der Waals surface area contributed by atoms with Crippen molar-refractivity contribution in [2.75, 3.05) is 0 Å². The number of aromatic nitrogens is 1. The summed E-state index contributed by atoms with van der Waals surface area (Å²) in [4.78, 5) is 16.5. The maximum absolute atomic E-state index is 12.2. The molecule has 5 nitrogen and oxygen atoms in total. The van der Waals surface area contributed by atoms with Crippen molar-refractivity contribution >= 4 is 5.91 Å². The number of furan rings is 1. The first kappa shape index (κ1) is 14.1. The van der Waals surface area contributed by atoms with Gasteiger partial charge in [0.05, 0.1) is 24.1 Å². The minimum Gasteiger partial charge on any atom is -0.469 e. The molecule has 1 N–H and O–H groups in total. The Kier molecular flexibility index (Phi) is 3.78. The van der Waals surface area contributed by atoms with Gasteiger partial charge in [-0.15, -0.1) is 0 Å². The zero-order valence-corrected chi connectivity index (χ0v) is 12.4. The lowest BCUT2D eigenvalue weighted by molar-refractivity contribution is 0.0948. The third kappa shape index (κ3) is 2.79. The van der Waals surface area contributed by atoms with Gasteiger partial charge in [0.15, 0.2) is 0 Å². The first-order valence-electron chi connectivity index (χ1n) is 6.98. The van der Waals surface area contributed by atoms with Gasteiger partial charge in [0, 0.05) is 11.1 Å². The molecule has 0 bridgehead atoms. The number of benzene rings is 1. The van der Waals surface area contributed by atoms with Gasteiger partial charge >= 0.3 is 0 Å². The molecule has 0 aliphatic carbocycles. The van der Waals surface area contributed by atoms with E-state index in [0.717, 1.165) is 11.1 Å². The number of rotatable bonds is 4. The standard InChI is InChI=1S/C17H16N2O3/c1-11-9-21-12(2)15(11)16(20)18-8-14-10-22-17(19-14)13-6-4-3-5-7-13/h3-7,9-10H,8H2,1-2H3,(H,18,20). The number of hydrogen-bond acceptors (Lipinski definition) is 4. The molecule has 1 aromatic carbocycles. The van der Waals surface area contributed by atoms with Crippen molar-refractivity contribution in [3.05, 3.63) is 65.4 Å². The molecule has 3 rings (SSSR count). The molecule has 2 aromatic heterocycles. The van der Waals surface area contributed by atoms with Crippen molar-refractivity contribution in [2.45, 2.75) is 20.4 Å². The summed E-state index contributed by atoms with van der Waals surface area (Å²) in [5.41, 5.74) is 2.97. The summed E-state index contributed by atoms with van der Waals surface area (Å²) in [6.07, 6.45) is 3.13. The van der Waals surface area contributed by atoms with Crippen LogP contribution in [0.4, 0.5) is 0 Å². The molecule has 22 heavy (non-hydrogen) atoms. The topological polar surface area (TPSA) is 68.3 Å². The fourth-order valence-electron chi connectivity index (χ4n) is 2.27. The Morgan fingerprint density at radius 1 is 1.14 bits per heavy atom. The fraction of sp³-hybridized carbons (Fsp3) is 0.176. The van der Waals surface area contributed by atoms with Crippen LogP contribution < -0.4 is 5.32 Å². The summed E-state index contributed by atoms with van der Waals surface area (Å²) in [7, 11) is 0. The minimum absolute atomic E-state index is 0.173. The second-order valence-electron chi connectivity index (χ2n) is 5.04. The first-order chi connectivity index (χ1) is 10.6. The van der Waals surface area contributed by atoms with E-state index in [1.54, 1.807) is 19.5 Å². The lowest BCUT2D eigenvalue weighted by Crippen LogP contribution is -2.23. The average Bonchev–Trinajstić information content (AvgIpc) is 3.13. The van der Waals surface area contributed by atoms with Crippen molar-refractivity contribution < 1.29 is 13.6 Å². The van der Waals surface area contributed by atoms with Gasteiger partial charge in [-0.05, 0) is 26.0 Å². The Hall–Kier alpha value is -2.82. The highest BCUT2D eigenvalue weighted by Gasteiger charge is 2.16. The number of hydrogen-bond donors (Lipinski definition) is 1. The Morgan fingerprint density at radius 2 is 1.91 bits per heavy atom. The van der Waals surface area contributed by atoms with Crippen LogP contribution in [0.1, 0.15) is 27.4 Å². The van der Waals surface area contributed by atoms with Crippen LogP contribution in [-0.4, -0.2) is 10.9 Å². The summed E-state index contributed by atoms with van der Waals surface area (Å²) in [5.74, 6) is 0.980. The number of amides is 1. The van der Waals surface area contributed by atoms with E-state index in [4.69, 9.17) is 8.83 Å². The maximum atomic E-state index is 12.2. The lowest BCUT2D eigenvalue weighted by atomic mass is 10.1. The summed E-state index contributed by atoms with van der Waals surface area (Å²) < 4.78 is 10.7. The fourth-order valence-corrected chi connectivity index (χ4v) is 2.27. The predicted octanol–water partition coefficient (Wildman–Crippen LogP) is 3.48. The van der Waals surface area contributed by atoms with Crippen LogP contribution in [0, 0.1) is 13.8 Å². The van der Waals surface area contributed by atoms with Crippen molar-refractivity contribution in [3.8, 4) is 11.5 Å². The van der Waals surface area contributed by atoms with Gasteiger partial charge < -0.3 is 14.2 Å². The molecular weight excluding hydrogens is 280 g/mol. The third-order valence-corrected chi connectivity index (χ3v) is 3.39. The van der Waals surface area contributed by atoms with Gasteiger partial charge in [0.1, 0.15) is 12.0 Å². The second kappa shape index (κ2) is 5.89. The van der Waals surface area contributed by atoms with E-state index >= 15 is 0 Å². The molecule has 1 amide bonds. The van der Waals surface area contributed by atoms with Gasteiger partial charge in [-0.25, -0.2) is 4.98 Å². The van der Waals surface area contributed by atoms with Crippen LogP contribution in [0.3, 0.4) is 0 Å². The van der Waals surface area contributed by atoms with Crippen LogP contribution in [-0.2, 0) is 6.54 Å². The Morgan fingerprint density at radius 3 is 2.59 bits per heavy atom. The van der Waals surface area contributed by atoms with E-state index < -0.39 is 0 Å². The number of aryl methyl sites for hydroxylation is 2. The first-order valence-corrected chi connectivity index (χ1v) is 6.98. The van der Waals surface area contributed by atoms with Crippen LogP contribution in [0.25, 0.3) is 11.5 Å². The smallest absolute Gasteiger partial charge is 0.255 e. The van der Waals surface area contributed by atoms with Crippen LogP contribution in [0.2, 0.25) is 0 Å². The normalized spacial score (nSPS) is 10.6. The van der Waals surface area contributed by atoms with E-state index in [1.807, 2.05) is 37.3 Å². The van der Waals surface area contributed by atoms with Gasteiger partial charge in [0.2, 0.25) is 5.89 Å². The molecule has 5 heteroatoms. The summed E-state index contributed by atoms with van der Waals surface area (Å²) in [6.45, 7) is 3.92. The Bertz CT molecular complexity index is 768. The number of nitrogens with zero attached hydrogens (tertiary/aromatic N) is 1.